The van der Waals surface area contributed by atoms with E-state index >= 15 is 0 Å². The van der Waals surface area contributed by atoms with Crippen LogP contribution in [0.15, 0.2) is 36.5 Å². The van der Waals surface area contributed by atoms with Gasteiger partial charge in [-0.25, -0.2) is 9.37 Å². The average Bonchev–Trinajstić information content (AvgIpc) is 2.80. The van der Waals surface area contributed by atoms with Crippen LogP contribution in [-0.4, -0.2) is 58.3 Å². The lowest BCUT2D eigenvalue weighted by atomic mass is 9.82. The molecule has 0 bridgehead atoms. The van der Waals surface area contributed by atoms with E-state index in [1.54, 1.807) is 6.20 Å². The summed E-state index contributed by atoms with van der Waals surface area (Å²) < 4.78 is 19.7. The van der Waals surface area contributed by atoms with Crippen LogP contribution in [0.3, 0.4) is 0 Å². The van der Waals surface area contributed by atoms with Crippen LogP contribution in [0.4, 0.5) is 10.2 Å². The number of nitrogens with two attached hydrogens (primary N) is 1. The Hall–Kier alpha value is -3.00. The molecule has 0 saturated carbocycles. The summed E-state index contributed by atoms with van der Waals surface area (Å²) in [5.41, 5.74) is 6.64. The first kappa shape index (κ1) is 21.8. The Bertz CT molecular complexity index is 1060. The second-order valence-electron chi connectivity index (χ2n) is 9.49. The van der Waals surface area contributed by atoms with Gasteiger partial charge in [0.25, 0.3) is 0 Å². The van der Waals surface area contributed by atoms with Gasteiger partial charge in [0, 0.05) is 44.6 Å². The van der Waals surface area contributed by atoms with Gasteiger partial charge in [-0.2, -0.15) is 0 Å². The second kappa shape index (κ2) is 8.74. The predicted molar refractivity (Wildman–Crippen MR) is 121 cm³/mol. The molecule has 0 unspecified atom stereocenters. The fourth-order valence-corrected chi connectivity index (χ4v) is 5.33. The number of pyridine rings is 1. The number of benzene rings is 1. The summed E-state index contributed by atoms with van der Waals surface area (Å²) in [7, 11) is 0. The molecule has 2 saturated heterocycles. The minimum Gasteiger partial charge on any atom is -0.486 e. The molecule has 7 nitrogen and oxygen atoms in total. The number of ether oxygens (including phenoxy) is 1. The van der Waals surface area contributed by atoms with Crippen molar-refractivity contribution in [3.8, 4) is 5.75 Å². The smallest absolute Gasteiger partial charge is 0.225 e. The Balaban J connectivity index is 1.14. The van der Waals surface area contributed by atoms with E-state index in [1.807, 2.05) is 17.0 Å². The molecule has 174 valence electrons. The van der Waals surface area contributed by atoms with Crippen molar-refractivity contribution >= 4 is 17.5 Å². The summed E-state index contributed by atoms with van der Waals surface area (Å²) >= 11 is 0. The number of likely N-dealkylation sites (tertiary alicyclic amines) is 2. The van der Waals surface area contributed by atoms with Crippen LogP contribution in [-0.2, 0) is 11.3 Å². The van der Waals surface area contributed by atoms with E-state index in [1.165, 1.54) is 18.2 Å². The van der Waals surface area contributed by atoms with Crippen molar-refractivity contribution in [3.05, 3.63) is 53.5 Å². The highest BCUT2D eigenvalue weighted by molar-refractivity contribution is 6.00. The zero-order chi connectivity index (χ0) is 23.0. The lowest BCUT2D eigenvalue weighted by Crippen LogP contribution is -2.53. The highest BCUT2D eigenvalue weighted by Gasteiger charge is 2.44. The molecule has 0 atom stereocenters. The molecule has 8 heteroatoms. The third-order valence-electron chi connectivity index (χ3n) is 7.23. The van der Waals surface area contributed by atoms with Gasteiger partial charge in [-0.15, -0.1) is 0 Å². The number of rotatable bonds is 3. The molecule has 0 aliphatic carbocycles. The maximum absolute atomic E-state index is 13.5. The van der Waals surface area contributed by atoms with E-state index in [0.29, 0.717) is 43.1 Å². The summed E-state index contributed by atoms with van der Waals surface area (Å²) in [6, 6.07) is 7.98. The molecule has 5 rings (SSSR count). The minimum atomic E-state index is -0.589. The third kappa shape index (κ3) is 4.57. The number of nitrogens with zero attached hydrogens (tertiary/aromatic N) is 3. The van der Waals surface area contributed by atoms with E-state index in [2.05, 4.69) is 9.88 Å². The van der Waals surface area contributed by atoms with Crippen LogP contribution in [0, 0.1) is 11.7 Å². The fourth-order valence-electron chi connectivity index (χ4n) is 5.33. The first-order valence-electron chi connectivity index (χ1n) is 11.6. The normalized spacial score (nSPS) is 21.0. The summed E-state index contributed by atoms with van der Waals surface area (Å²) in [6.07, 6.45) is 4.88. The average molecular weight is 453 g/mol. The monoisotopic (exact) mass is 452 g/mol. The van der Waals surface area contributed by atoms with Gasteiger partial charge < -0.3 is 15.4 Å². The van der Waals surface area contributed by atoms with Crippen LogP contribution in [0.5, 0.6) is 5.75 Å². The van der Waals surface area contributed by atoms with Crippen LogP contribution in [0.1, 0.15) is 48.0 Å². The number of carbonyl (C=O) groups is 2. The van der Waals surface area contributed by atoms with Gasteiger partial charge in [0.05, 0.1) is 12.0 Å². The van der Waals surface area contributed by atoms with Gasteiger partial charge in [-0.1, -0.05) is 0 Å². The first-order valence-corrected chi connectivity index (χ1v) is 11.6. The van der Waals surface area contributed by atoms with E-state index in [-0.39, 0.29) is 24.0 Å². The largest absolute Gasteiger partial charge is 0.486 e. The number of amides is 1. The van der Waals surface area contributed by atoms with Crippen molar-refractivity contribution in [3.63, 3.8) is 0 Å². The van der Waals surface area contributed by atoms with Crippen molar-refractivity contribution in [1.29, 1.82) is 0 Å². The molecule has 1 aromatic heterocycles. The molecule has 4 heterocycles. The number of aromatic nitrogens is 1. The number of anilines is 1. The summed E-state index contributed by atoms with van der Waals surface area (Å²) in [4.78, 5) is 34.1. The maximum atomic E-state index is 13.5. The SMILES string of the molecule is Nc1cc(CN2CCC(C(=O)N3CCC4(CC3)CC(=O)c3cc(F)ccc3O4)CC2)ccn1. The molecule has 1 amide bonds. The molecule has 1 spiro atoms. The Morgan fingerprint density at radius 2 is 1.91 bits per heavy atom. The number of carbonyl (C=O) groups excluding carboxylic acids is 2. The lowest BCUT2D eigenvalue weighted by Gasteiger charge is -2.45. The number of hydrogen-bond donors (Lipinski definition) is 1. The Morgan fingerprint density at radius 3 is 2.64 bits per heavy atom. The Kier molecular flexibility index (Phi) is 5.78. The Labute approximate surface area is 192 Å². The van der Waals surface area contributed by atoms with Crippen LogP contribution in [0.2, 0.25) is 0 Å². The predicted octanol–water partition coefficient (Wildman–Crippen LogP) is 3.04. The molecule has 1 aromatic carbocycles. The summed E-state index contributed by atoms with van der Waals surface area (Å²) in [5.74, 6) is 0.713. The molecular formula is C25H29FN4O3. The van der Waals surface area contributed by atoms with E-state index in [0.717, 1.165) is 38.0 Å². The highest BCUT2D eigenvalue weighted by atomic mass is 19.1. The van der Waals surface area contributed by atoms with Gasteiger partial charge in [0.1, 0.15) is 23.0 Å². The molecule has 2 N–H and O–H groups in total. The van der Waals surface area contributed by atoms with Crippen LogP contribution < -0.4 is 10.5 Å². The quantitative estimate of drug-likeness (QED) is 0.770. The van der Waals surface area contributed by atoms with Gasteiger partial charge in [-0.05, 0) is 61.8 Å². The minimum absolute atomic E-state index is 0.0374. The molecule has 0 radical (unpaired) electrons. The number of hydrogen-bond acceptors (Lipinski definition) is 6. The molecule has 3 aliphatic rings. The summed E-state index contributed by atoms with van der Waals surface area (Å²) in [6.45, 7) is 3.73. The van der Waals surface area contributed by atoms with Gasteiger partial charge >= 0.3 is 0 Å². The topological polar surface area (TPSA) is 88.8 Å². The highest BCUT2D eigenvalue weighted by Crippen LogP contribution is 2.40. The first-order chi connectivity index (χ1) is 15.9. The van der Waals surface area contributed by atoms with Crippen molar-refractivity contribution in [2.75, 3.05) is 31.9 Å². The standard InChI is InChI=1S/C25H29FN4O3/c26-19-1-2-22-20(14-19)21(31)15-25(33-22)6-11-30(12-7-25)24(32)18-4-9-29(10-5-18)16-17-3-8-28-23(27)13-17/h1-3,8,13-14,18H,4-7,9-12,15-16H2,(H2,27,28). The summed E-state index contributed by atoms with van der Waals surface area (Å²) in [5, 5.41) is 0. The molecule has 3 aliphatic heterocycles. The number of ketones is 1. The molecule has 33 heavy (non-hydrogen) atoms. The van der Waals surface area contributed by atoms with E-state index in [9.17, 15) is 14.0 Å². The fraction of sp³-hybridized carbons (Fsp3) is 0.480. The third-order valence-corrected chi connectivity index (χ3v) is 7.23. The number of halogens is 1. The zero-order valence-electron chi connectivity index (χ0n) is 18.6. The van der Waals surface area contributed by atoms with Crippen molar-refractivity contribution in [2.45, 2.75) is 44.2 Å². The van der Waals surface area contributed by atoms with Gasteiger partial charge in [0.15, 0.2) is 5.78 Å². The molecular weight excluding hydrogens is 423 g/mol. The van der Waals surface area contributed by atoms with Crippen molar-refractivity contribution in [1.82, 2.24) is 14.8 Å². The number of nitrogen functional groups attached to an aromatic ring is 1. The number of fused-ring (bicyclic) bond motifs is 1. The van der Waals surface area contributed by atoms with Crippen LogP contribution >= 0.6 is 0 Å². The van der Waals surface area contributed by atoms with Gasteiger partial charge in [-0.3, -0.25) is 14.5 Å². The van der Waals surface area contributed by atoms with Crippen LogP contribution in [0.25, 0.3) is 0 Å². The molecule has 2 aromatic rings. The zero-order valence-corrected chi connectivity index (χ0v) is 18.6. The van der Waals surface area contributed by atoms with Crippen molar-refractivity contribution < 1.29 is 18.7 Å². The van der Waals surface area contributed by atoms with E-state index in [4.69, 9.17) is 10.5 Å². The second-order valence-corrected chi connectivity index (χ2v) is 9.49. The van der Waals surface area contributed by atoms with Crippen molar-refractivity contribution in [2.24, 2.45) is 5.92 Å². The van der Waals surface area contributed by atoms with E-state index < -0.39 is 11.4 Å². The van der Waals surface area contributed by atoms with Gasteiger partial charge in [0.2, 0.25) is 5.91 Å². The molecule has 2 fully saturated rings. The number of Topliss-reactive ketones (excluding diaryl/α,β-unsaturated/α-hetero) is 1. The lowest BCUT2D eigenvalue weighted by molar-refractivity contribution is -0.140. The Morgan fingerprint density at radius 1 is 1.15 bits per heavy atom. The maximum Gasteiger partial charge on any atom is 0.225 e. The number of piperidine rings is 2.